The number of nitrogens with zero attached hydrogens (tertiary/aromatic N) is 2. The Morgan fingerprint density at radius 1 is 0.862 bits per heavy atom. The molecule has 0 atom stereocenters. The number of benzene rings is 3. The number of nitro benzene ring substituents is 1. The molecule has 3 aromatic rings. The van der Waals surface area contributed by atoms with E-state index in [-0.39, 0.29) is 23.5 Å². The van der Waals surface area contributed by atoms with E-state index in [2.05, 4.69) is 0 Å². The molecule has 29 heavy (non-hydrogen) atoms. The Morgan fingerprint density at radius 3 is 2.10 bits per heavy atom. The fourth-order valence-electron chi connectivity index (χ4n) is 2.99. The van der Waals surface area contributed by atoms with Crippen LogP contribution >= 0.6 is 0 Å². The highest BCUT2D eigenvalue weighted by Gasteiger charge is 2.23. The number of carboxylic acids is 2. The fraction of sp³-hybridized carbons (Fsp3) is 0.0476. The van der Waals surface area contributed by atoms with E-state index in [1.54, 1.807) is 23.1 Å². The normalized spacial score (nSPS) is 10.3. The number of nitro groups is 1. The molecule has 0 fully saturated rings. The first-order chi connectivity index (χ1) is 13.9. The van der Waals surface area contributed by atoms with Gasteiger partial charge in [0.15, 0.2) is 0 Å². The van der Waals surface area contributed by atoms with Crippen LogP contribution in [0.25, 0.3) is 0 Å². The molecular formula is C21H16N2O6. The molecule has 0 spiro atoms. The van der Waals surface area contributed by atoms with Crippen molar-refractivity contribution in [3.8, 4) is 0 Å². The minimum Gasteiger partial charge on any atom is -0.478 e. The van der Waals surface area contributed by atoms with E-state index in [4.69, 9.17) is 0 Å². The quantitative estimate of drug-likeness (QED) is 0.453. The predicted octanol–water partition coefficient (Wildman–Crippen LogP) is 4.33. The molecule has 0 bridgehead atoms. The molecule has 0 aliphatic carbocycles. The van der Waals surface area contributed by atoms with E-state index < -0.39 is 22.4 Å². The molecule has 3 rings (SSSR count). The summed E-state index contributed by atoms with van der Waals surface area (Å²) in [4.78, 5) is 35.5. The Bertz CT molecular complexity index is 1080. The molecule has 0 aromatic heterocycles. The lowest BCUT2D eigenvalue weighted by Crippen LogP contribution is -2.19. The zero-order valence-corrected chi connectivity index (χ0v) is 15.1. The van der Waals surface area contributed by atoms with E-state index in [0.29, 0.717) is 5.69 Å². The molecule has 0 aliphatic rings. The van der Waals surface area contributed by atoms with E-state index in [0.717, 1.165) is 5.56 Å². The molecule has 0 heterocycles. The number of hydrogen-bond donors (Lipinski definition) is 2. The standard InChI is InChI=1S/C21H16N2O6/c24-20(25)16-11-10-15(12-17(16)21(26)27)22(13-14-6-2-1-3-7-14)18-8-4-5-9-19(18)23(28)29/h1-12H,13H2,(H,24,25)(H,26,27). The Hall–Kier alpha value is -4.20. The third-order valence-electron chi connectivity index (χ3n) is 4.33. The Balaban J connectivity index is 2.19. The Morgan fingerprint density at radius 2 is 1.48 bits per heavy atom. The summed E-state index contributed by atoms with van der Waals surface area (Å²) in [7, 11) is 0. The summed E-state index contributed by atoms with van der Waals surface area (Å²) in [6.45, 7) is 0.219. The molecule has 0 aliphatic heterocycles. The average Bonchev–Trinajstić information content (AvgIpc) is 2.72. The van der Waals surface area contributed by atoms with Crippen molar-refractivity contribution in [3.63, 3.8) is 0 Å². The zero-order chi connectivity index (χ0) is 21.0. The lowest BCUT2D eigenvalue weighted by molar-refractivity contribution is -0.384. The zero-order valence-electron chi connectivity index (χ0n) is 15.1. The van der Waals surface area contributed by atoms with E-state index in [1.807, 2.05) is 30.3 Å². The second kappa shape index (κ2) is 8.22. The van der Waals surface area contributed by atoms with Gasteiger partial charge in [-0.25, -0.2) is 9.59 Å². The predicted molar refractivity (Wildman–Crippen MR) is 106 cm³/mol. The van der Waals surface area contributed by atoms with Gasteiger partial charge in [-0.3, -0.25) is 10.1 Å². The molecule has 0 radical (unpaired) electrons. The lowest BCUT2D eigenvalue weighted by atomic mass is 10.0. The van der Waals surface area contributed by atoms with Crippen LogP contribution in [0.2, 0.25) is 0 Å². The van der Waals surface area contributed by atoms with Crippen LogP contribution in [-0.2, 0) is 6.54 Å². The van der Waals surface area contributed by atoms with Crippen LogP contribution in [0.15, 0.2) is 72.8 Å². The third-order valence-corrected chi connectivity index (χ3v) is 4.33. The molecule has 0 saturated carbocycles. The summed E-state index contributed by atoms with van der Waals surface area (Å²) in [6.07, 6.45) is 0. The maximum absolute atomic E-state index is 11.6. The topological polar surface area (TPSA) is 121 Å². The summed E-state index contributed by atoms with van der Waals surface area (Å²) in [5, 5.41) is 30.2. The number of para-hydroxylation sites is 2. The van der Waals surface area contributed by atoms with Crippen LogP contribution in [0.4, 0.5) is 17.1 Å². The first-order valence-corrected chi connectivity index (χ1v) is 8.54. The van der Waals surface area contributed by atoms with Gasteiger partial charge in [0.25, 0.3) is 5.69 Å². The van der Waals surface area contributed by atoms with Crippen molar-refractivity contribution in [2.24, 2.45) is 0 Å². The highest BCUT2D eigenvalue weighted by Crippen LogP contribution is 2.35. The summed E-state index contributed by atoms with van der Waals surface area (Å²) in [6, 6.07) is 19.1. The smallest absolute Gasteiger partial charge is 0.336 e. The van der Waals surface area contributed by atoms with Crippen LogP contribution in [0.5, 0.6) is 0 Å². The van der Waals surface area contributed by atoms with Crippen LogP contribution in [0.1, 0.15) is 26.3 Å². The van der Waals surface area contributed by atoms with Gasteiger partial charge in [-0.05, 0) is 29.8 Å². The number of anilines is 2. The molecule has 0 unspecified atom stereocenters. The molecule has 8 heteroatoms. The van der Waals surface area contributed by atoms with Gasteiger partial charge in [-0.15, -0.1) is 0 Å². The maximum atomic E-state index is 11.6. The third kappa shape index (κ3) is 4.22. The summed E-state index contributed by atoms with van der Waals surface area (Å²) < 4.78 is 0. The number of carbonyl (C=O) groups is 2. The monoisotopic (exact) mass is 392 g/mol. The van der Waals surface area contributed by atoms with Gasteiger partial charge in [0.2, 0.25) is 0 Å². The summed E-state index contributed by atoms with van der Waals surface area (Å²) in [5.41, 5.74) is 0.522. The molecule has 146 valence electrons. The lowest BCUT2D eigenvalue weighted by Gasteiger charge is -2.25. The number of aromatic carboxylic acids is 2. The minimum absolute atomic E-state index is 0.150. The summed E-state index contributed by atoms with van der Waals surface area (Å²) in [5.74, 6) is -2.76. The summed E-state index contributed by atoms with van der Waals surface area (Å²) >= 11 is 0. The molecule has 0 saturated heterocycles. The van der Waals surface area contributed by atoms with E-state index in [9.17, 15) is 29.9 Å². The number of rotatable bonds is 7. The van der Waals surface area contributed by atoms with E-state index >= 15 is 0 Å². The SMILES string of the molecule is O=C(O)c1ccc(N(Cc2ccccc2)c2ccccc2[N+](=O)[O-])cc1C(=O)O. The highest BCUT2D eigenvalue weighted by molar-refractivity contribution is 6.02. The fourth-order valence-corrected chi connectivity index (χ4v) is 2.99. The highest BCUT2D eigenvalue weighted by atomic mass is 16.6. The molecule has 8 nitrogen and oxygen atoms in total. The first kappa shape index (κ1) is 19.6. The van der Waals surface area contributed by atoms with Crippen LogP contribution < -0.4 is 4.90 Å². The van der Waals surface area contributed by atoms with Crippen LogP contribution in [0.3, 0.4) is 0 Å². The second-order valence-corrected chi connectivity index (χ2v) is 6.16. The van der Waals surface area contributed by atoms with Crippen molar-refractivity contribution in [1.29, 1.82) is 0 Å². The van der Waals surface area contributed by atoms with E-state index in [1.165, 1.54) is 24.3 Å². The van der Waals surface area contributed by atoms with Gasteiger partial charge in [0.1, 0.15) is 5.69 Å². The molecule has 3 aromatic carbocycles. The van der Waals surface area contributed by atoms with Crippen molar-refractivity contribution in [1.82, 2.24) is 0 Å². The Kier molecular flexibility index (Phi) is 5.54. The van der Waals surface area contributed by atoms with Gasteiger partial charge < -0.3 is 15.1 Å². The van der Waals surface area contributed by atoms with Gasteiger partial charge in [-0.1, -0.05) is 42.5 Å². The average molecular weight is 392 g/mol. The van der Waals surface area contributed by atoms with Crippen molar-refractivity contribution in [2.45, 2.75) is 6.54 Å². The molecule has 2 N–H and O–H groups in total. The van der Waals surface area contributed by atoms with Crippen molar-refractivity contribution in [2.75, 3.05) is 4.90 Å². The minimum atomic E-state index is -1.40. The van der Waals surface area contributed by atoms with Gasteiger partial charge in [0, 0.05) is 18.3 Å². The largest absolute Gasteiger partial charge is 0.478 e. The molecule has 0 amide bonds. The Labute approximate surface area is 165 Å². The van der Waals surface area contributed by atoms with Gasteiger partial charge >= 0.3 is 11.9 Å². The first-order valence-electron chi connectivity index (χ1n) is 8.54. The van der Waals surface area contributed by atoms with Crippen LogP contribution in [-0.4, -0.2) is 27.1 Å². The van der Waals surface area contributed by atoms with Gasteiger partial charge in [0.05, 0.1) is 16.1 Å². The van der Waals surface area contributed by atoms with Gasteiger partial charge in [-0.2, -0.15) is 0 Å². The second-order valence-electron chi connectivity index (χ2n) is 6.16. The van der Waals surface area contributed by atoms with Crippen molar-refractivity contribution < 1.29 is 24.7 Å². The maximum Gasteiger partial charge on any atom is 0.336 e. The van der Waals surface area contributed by atoms with Crippen LogP contribution in [0, 0.1) is 10.1 Å². The van der Waals surface area contributed by atoms with Crippen molar-refractivity contribution in [3.05, 3.63) is 99.6 Å². The number of hydrogen-bond acceptors (Lipinski definition) is 5. The number of carboxylic acid groups (broad SMARTS) is 2. The van der Waals surface area contributed by atoms with Crippen molar-refractivity contribution >= 4 is 29.0 Å². The molecular weight excluding hydrogens is 376 g/mol.